The van der Waals surface area contributed by atoms with Crippen LogP contribution in [0.25, 0.3) is 33.4 Å². The van der Waals surface area contributed by atoms with Crippen LogP contribution in [-0.2, 0) is 19.2 Å². The van der Waals surface area contributed by atoms with E-state index in [1.165, 1.54) is 23.6 Å². The third-order valence-corrected chi connectivity index (χ3v) is 11.2. The number of aliphatic hydroxyl groups is 2. The van der Waals surface area contributed by atoms with E-state index in [-0.39, 0.29) is 61.4 Å². The number of aliphatic carboxylic acids is 2. The lowest BCUT2D eigenvalue weighted by Gasteiger charge is -2.31. The number of aliphatic hydroxyl groups excluding tert-OH is 1. The van der Waals surface area contributed by atoms with Crippen LogP contribution in [0, 0.1) is 0 Å². The zero-order valence-corrected chi connectivity index (χ0v) is 34.8. The topological polar surface area (TPSA) is 198 Å². The van der Waals surface area contributed by atoms with Crippen LogP contribution >= 0.6 is 23.2 Å². The van der Waals surface area contributed by atoms with Crippen LogP contribution in [0.4, 0.5) is 11.4 Å². The first-order chi connectivity index (χ1) is 27.1. The summed E-state index contributed by atoms with van der Waals surface area (Å²) in [6.07, 6.45) is -1.13. The molecule has 0 radical (unpaired) electrons. The van der Waals surface area contributed by atoms with E-state index in [9.17, 15) is 39.6 Å². The Balaban J connectivity index is 1.23. The van der Waals surface area contributed by atoms with Crippen molar-refractivity contribution in [2.75, 3.05) is 49.2 Å². The van der Waals surface area contributed by atoms with E-state index < -0.39 is 35.4 Å². The SMILES string of the molecule is C[C@H](O)[C@@H](NCCN1C(=O)COc2cc(-c3cccc(-c4cccc(-c5ccc6c(c5)OCC(=O)N6CCN[C@@H](C(=O)O)[C@@](C)(O)[SiH3])c4Cl)c3Cl)ccc21)C(=O)O. The first kappa shape index (κ1) is 41.6. The molecule has 0 fully saturated rings. The van der Waals surface area contributed by atoms with Gasteiger partial charge in [-0.15, -0.1) is 0 Å². The number of carbonyl (C=O) groups excluding carboxylic acids is 2. The Bertz CT molecular complexity index is 2220. The Hall–Kier alpha value is -5.00. The molecule has 2 heterocycles. The van der Waals surface area contributed by atoms with Crippen molar-refractivity contribution < 1.29 is 49.1 Å². The predicted molar refractivity (Wildman–Crippen MR) is 220 cm³/mol. The van der Waals surface area contributed by atoms with Gasteiger partial charge in [-0.25, -0.2) is 0 Å². The zero-order chi connectivity index (χ0) is 41.2. The molecule has 2 aliphatic rings. The van der Waals surface area contributed by atoms with Crippen molar-refractivity contribution in [2.24, 2.45) is 0 Å². The van der Waals surface area contributed by atoms with E-state index in [0.29, 0.717) is 55.2 Å². The lowest BCUT2D eigenvalue weighted by Crippen LogP contribution is -2.56. The second kappa shape index (κ2) is 17.2. The number of carboxylic acid groups (broad SMARTS) is 2. The van der Waals surface area contributed by atoms with E-state index in [1.54, 1.807) is 24.3 Å². The number of fused-ring (bicyclic) bond motifs is 2. The van der Waals surface area contributed by atoms with Crippen LogP contribution in [0.15, 0.2) is 72.8 Å². The number of carboxylic acids is 2. The van der Waals surface area contributed by atoms with Crippen LogP contribution in [-0.4, -0.2) is 117 Å². The third kappa shape index (κ3) is 8.94. The molecule has 0 spiro atoms. The molecule has 0 unspecified atom stereocenters. The van der Waals surface area contributed by atoms with Crippen LogP contribution in [0.1, 0.15) is 13.8 Å². The van der Waals surface area contributed by atoms with Crippen molar-refractivity contribution in [3.8, 4) is 44.9 Å². The summed E-state index contributed by atoms with van der Waals surface area (Å²) in [5, 5.41) is 44.1. The summed E-state index contributed by atoms with van der Waals surface area (Å²) in [5.74, 6) is -2.04. The Labute approximate surface area is 341 Å². The van der Waals surface area contributed by atoms with Gasteiger partial charge in [0.05, 0.1) is 32.7 Å². The molecule has 4 aromatic rings. The van der Waals surface area contributed by atoms with Gasteiger partial charge in [0, 0.05) is 58.7 Å². The van der Waals surface area contributed by atoms with E-state index in [1.807, 2.05) is 48.5 Å². The summed E-state index contributed by atoms with van der Waals surface area (Å²) in [5.41, 5.74) is 5.20. The fourth-order valence-electron chi connectivity index (χ4n) is 6.92. The van der Waals surface area contributed by atoms with Crippen LogP contribution in [0.3, 0.4) is 0 Å². The lowest BCUT2D eigenvalue weighted by atomic mass is 9.95. The second-order valence-electron chi connectivity index (χ2n) is 14.3. The molecule has 0 aromatic heterocycles. The van der Waals surface area contributed by atoms with Crippen molar-refractivity contribution in [3.05, 3.63) is 82.8 Å². The first-order valence-electron chi connectivity index (χ1n) is 18.1. The Morgan fingerprint density at radius 2 is 1.21 bits per heavy atom. The van der Waals surface area contributed by atoms with Crippen molar-refractivity contribution in [3.63, 3.8) is 0 Å². The number of carbonyl (C=O) groups is 4. The van der Waals surface area contributed by atoms with Gasteiger partial charge < -0.3 is 50.3 Å². The molecule has 4 aromatic carbocycles. The number of benzene rings is 4. The van der Waals surface area contributed by atoms with Crippen molar-refractivity contribution in [1.82, 2.24) is 10.6 Å². The molecular formula is C40H42Cl2N4O10Si. The van der Waals surface area contributed by atoms with E-state index in [4.69, 9.17) is 32.7 Å². The molecule has 2 amide bonds. The minimum absolute atomic E-state index is 0.124. The highest BCUT2D eigenvalue weighted by molar-refractivity contribution is 6.39. The number of hydrogen-bond donors (Lipinski definition) is 6. The quantitative estimate of drug-likeness (QED) is 0.0960. The highest BCUT2D eigenvalue weighted by Crippen LogP contribution is 2.45. The molecule has 300 valence electrons. The highest BCUT2D eigenvalue weighted by atomic mass is 35.5. The van der Waals surface area contributed by atoms with Gasteiger partial charge in [-0.05, 0) is 49.2 Å². The molecule has 2 aliphatic heterocycles. The maximum atomic E-state index is 12.9. The average molecular weight is 838 g/mol. The summed E-state index contributed by atoms with van der Waals surface area (Å²) in [4.78, 5) is 51.9. The van der Waals surface area contributed by atoms with Crippen molar-refractivity contribution in [2.45, 2.75) is 37.3 Å². The highest BCUT2D eigenvalue weighted by Gasteiger charge is 2.34. The van der Waals surface area contributed by atoms with E-state index in [0.717, 1.165) is 11.1 Å². The van der Waals surface area contributed by atoms with E-state index in [2.05, 4.69) is 10.6 Å². The van der Waals surface area contributed by atoms with Crippen LogP contribution in [0.5, 0.6) is 11.5 Å². The molecule has 14 nitrogen and oxygen atoms in total. The third-order valence-electron chi connectivity index (χ3n) is 9.80. The number of nitrogens with one attached hydrogen (secondary N) is 2. The van der Waals surface area contributed by atoms with Crippen LogP contribution < -0.4 is 29.9 Å². The number of nitrogens with zero attached hydrogens (tertiary/aromatic N) is 2. The minimum atomic E-state index is -1.38. The number of ether oxygens (including phenoxy) is 2. The molecule has 57 heavy (non-hydrogen) atoms. The fraction of sp³-hybridized carbons (Fsp3) is 0.300. The van der Waals surface area contributed by atoms with Gasteiger partial charge in [-0.1, -0.05) is 71.7 Å². The minimum Gasteiger partial charge on any atom is -0.482 e. The van der Waals surface area contributed by atoms with E-state index >= 15 is 0 Å². The summed E-state index contributed by atoms with van der Waals surface area (Å²) in [6.45, 7) is 2.99. The number of amides is 2. The fourth-order valence-corrected chi connectivity index (χ4v) is 8.04. The molecule has 0 bridgehead atoms. The van der Waals surface area contributed by atoms with Gasteiger partial charge in [0.2, 0.25) is 0 Å². The number of rotatable bonds is 15. The number of hydrogen-bond acceptors (Lipinski definition) is 10. The van der Waals surface area contributed by atoms with Crippen molar-refractivity contribution >= 4 is 68.6 Å². The largest absolute Gasteiger partial charge is 0.482 e. The molecule has 0 saturated heterocycles. The Morgan fingerprint density at radius 3 is 1.61 bits per heavy atom. The van der Waals surface area contributed by atoms with Gasteiger partial charge in [0.15, 0.2) is 13.2 Å². The standard InChI is InChI=1S/C40H42Cl2N4O10Si/c1-21(47)36(38(50)51)43-13-15-45-28-11-9-22(17-30(28)55-19-32(45)48)24-5-3-7-26(34(24)41)27-8-4-6-25(35(27)42)23-10-12-29-31(18-23)56-20-33(49)46(29)16-14-44-37(39(52)53)40(2,54)57/h3-12,17-18,21,36-37,43-44,47,54H,13-16,19-20H2,1-2,57H3,(H,50,51)(H,52,53)/t21-,36+,37-,40-/m0/s1. The molecule has 17 heteroatoms. The predicted octanol–water partition coefficient (Wildman–Crippen LogP) is 2.99. The molecule has 0 aliphatic carbocycles. The van der Waals surface area contributed by atoms with Gasteiger partial charge in [-0.3, -0.25) is 19.2 Å². The number of anilines is 2. The summed E-state index contributed by atoms with van der Waals surface area (Å²) in [7, 11) is 0.231. The normalized spacial score (nSPS) is 16.5. The zero-order valence-electron chi connectivity index (χ0n) is 31.3. The monoisotopic (exact) mass is 836 g/mol. The lowest BCUT2D eigenvalue weighted by molar-refractivity contribution is -0.144. The van der Waals surface area contributed by atoms with Gasteiger partial charge in [0.1, 0.15) is 23.6 Å². The molecule has 6 rings (SSSR count). The molecule has 6 N–H and O–H groups in total. The summed E-state index contributed by atoms with van der Waals surface area (Å²) < 4.78 is 11.6. The molecule has 4 atom stereocenters. The summed E-state index contributed by atoms with van der Waals surface area (Å²) >= 11 is 14.2. The maximum Gasteiger partial charge on any atom is 0.323 e. The Kier molecular flexibility index (Phi) is 12.6. The van der Waals surface area contributed by atoms with Crippen LogP contribution in [0.2, 0.25) is 10.0 Å². The van der Waals surface area contributed by atoms with Gasteiger partial charge >= 0.3 is 11.9 Å². The van der Waals surface area contributed by atoms with Gasteiger partial charge in [-0.2, -0.15) is 0 Å². The van der Waals surface area contributed by atoms with Crippen molar-refractivity contribution in [1.29, 1.82) is 0 Å². The Morgan fingerprint density at radius 1 is 0.772 bits per heavy atom. The summed E-state index contributed by atoms with van der Waals surface area (Å²) in [6, 6.07) is 19.5. The molecular weight excluding hydrogens is 795 g/mol. The molecule has 0 saturated carbocycles. The van der Waals surface area contributed by atoms with Gasteiger partial charge in [0.25, 0.3) is 11.8 Å². The second-order valence-corrected chi connectivity index (χ2v) is 17.0. The average Bonchev–Trinajstić information content (AvgIpc) is 3.15. The maximum absolute atomic E-state index is 12.9. The first-order valence-corrected chi connectivity index (χ1v) is 19.9. The smallest absolute Gasteiger partial charge is 0.323 e. The number of halogens is 2.